The van der Waals surface area contributed by atoms with Gasteiger partial charge in [-0.3, -0.25) is 0 Å². The second-order valence-electron chi connectivity index (χ2n) is 4.75. The van der Waals surface area contributed by atoms with E-state index in [0.717, 1.165) is 5.69 Å². The largest absolute Gasteiger partial charge is 0.485 e. The number of halogens is 2. The first-order valence-electron chi connectivity index (χ1n) is 6.26. The number of rotatable bonds is 5. The predicted molar refractivity (Wildman–Crippen MR) is 85.7 cm³/mol. The molecule has 0 radical (unpaired) electrons. The van der Waals surface area contributed by atoms with E-state index in [-0.39, 0.29) is 5.56 Å². The third-order valence-electron chi connectivity index (χ3n) is 2.91. The Balaban J connectivity index is 2.20. The number of ether oxygens (including phenoxy) is 1. The number of aromatic nitrogens is 2. The Labute approximate surface area is 139 Å². The molecule has 0 fully saturated rings. The number of hydrogen-bond acceptors (Lipinski definition) is 3. The van der Waals surface area contributed by atoms with Crippen molar-refractivity contribution >= 4 is 37.8 Å². The summed E-state index contributed by atoms with van der Waals surface area (Å²) in [6.45, 7) is 4.49. The van der Waals surface area contributed by atoms with Crippen LogP contribution in [0, 0.1) is 0 Å². The lowest BCUT2D eigenvalue weighted by Crippen LogP contribution is -2.08. The molecule has 0 saturated carbocycles. The Morgan fingerprint density at radius 3 is 2.52 bits per heavy atom. The number of benzene rings is 1. The minimum atomic E-state index is -0.985. The van der Waals surface area contributed by atoms with E-state index in [4.69, 9.17) is 9.84 Å². The van der Waals surface area contributed by atoms with Gasteiger partial charge in [-0.15, -0.1) is 0 Å². The third kappa shape index (κ3) is 3.65. The summed E-state index contributed by atoms with van der Waals surface area (Å²) in [6.07, 6.45) is 3.52. The molecule has 5 nitrogen and oxygen atoms in total. The molecule has 1 aromatic carbocycles. The summed E-state index contributed by atoms with van der Waals surface area (Å²) >= 11 is 6.67. The van der Waals surface area contributed by atoms with Gasteiger partial charge < -0.3 is 14.4 Å². The molecule has 2 rings (SSSR count). The molecule has 0 aliphatic rings. The van der Waals surface area contributed by atoms with Gasteiger partial charge in [-0.05, 0) is 57.8 Å². The summed E-state index contributed by atoms with van der Waals surface area (Å²) in [6, 6.07) is 3.33. The van der Waals surface area contributed by atoms with E-state index in [9.17, 15) is 4.79 Å². The van der Waals surface area contributed by atoms with Crippen molar-refractivity contribution in [1.29, 1.82) is 0 Å². The van der Waals surface area contributed by atoms with Crippen LogP contribution in [-0.4, -0.2) is 20.6 Å². The molecule has 0 atom stereocenters. The molecule has 2 aromatic rings. The van der Waals surface area contributed by atoms with Crippen LogP contribution in [-0.2, 0) is 6.61 Å². The first-order valence-corrected chi connectivity index (χ1v) is 7.84. The molecular weight excluding hydrogens is 404 g/mol. The van der Waals surface area contributed by atoms with E-state index in [0.29, 0.717) is 27.3 Å². The Morgan fingerprint density at radius 2 is 2.00 bits per heavy atom. The summed E-state index contributed by atoms with van der Waals surface area (Å²) in [5.41, 5.74) is 1.14. The molecule has 112 valence electrons. The monoisotopic (exact) mass is 416 g/mol. The summed E-state index contributed by atoms with van der Waals surface area (Å²) in [7, 11) is 0. The number of imidazole rings is 1. The number of carbonyl (C=O) groups is 1. The van der Waals surface area contributed by atoms with Crippen LogP contribution in [0.4, 0.5) is 0 Å². The van der Waals surface area contributed by atoms with Crippen molar-refractivity contribution in [1.82, 2.24) is 9.55 Å². The molecule has 0 amide bonds. The average molecular weight is 418 g/mol. The summed E-state index contributed by atoms with van der Waals surface area (Å²) in [4.78, 5) is 15.1. The molecule has 7 heteroatoms. The zero-order valence-electron chi connectivity index (χ0n) is 11.5. The third-order valence-corrected chi connectivity index (χ3v) is 4.09. The molecule has 0 aliphatic heterocycles. The minimum Gasteiger partial charge on any atom is -0.485 e. The Bertz CT molecular complexity index is 645. The van der Waals surface area contributed by atoms with Crippen LogP contribution in [0.1, 0.15) is 35.9 Å². The lowest BCUT2D eigenvalue weighted by Gasteiger charge is -2.14. The van der Waals surface area contributed by atoms with Gasteiger partial charge in [-0.2, -0.15) is 0 Å². The second kappa shape index (κ2) is 6.62. The fraction of sp³-hybridized carbons (Fsp3) is 0.286. The van der Waals surface area contributed by atoms with Crippen LogP contribution in [0.15, 0.2) is 33.6 Å². The van der Waals surface area contributed by atoms with Crippen molar-refractivity contribution in [3.8, 4) is 5.75 Å². The molecule has 0 aliphatic carbocycles. The maximum Gasteiger partial charge on any atom is 0.335 e. The smallest absolute Gasteiger partial charge is 0.335 e. The molecule has 21 heavy (non-hydrogen) atoms. The Hall–Kier alpha value is -1.34. The minimum absolute atomic E-state index is 0.188. The quantitative estimate of drug-likeness (QED) is 0.788. The van der Waals surface area contributed by atoms with Crippen LogP contribution in [0.2, 0.25) is 0 Å². The van der Waals surface area contributed by atoms with Gasteiger partial charge in [0.05, 0.1) is 32.7 Å². The van der Waals surface area contributed by atoms with E-state index in [1.54, 1.807) is 12.5 Å². The van der Waals surface area contributed by atoms with E-state index in [2.05, 4.69) is 50.7 Å². The molecule has 0 saturated heterocycles. The van der Waals surface area contributed by atoms with Gasteiger partial charge in [0.15, 0.2) is 0 Å². The Kier molecular flexibility index (Phi) is 5.05. The number of aromatic carboxylic acids is 1. The molecule has 0 spiro atoms. The van der Waals surface area contributed by atoms with Gasteiger partial charge in [0.1, 0.15) is 12.4 Å². The fourth-order valence-electron chi connectivity index (χ4n) is 1.88. The van der Waals surface area contributed by atoms with E-state index in [1.165, 1.54) is 12.1 Å². The average Bonchev–Trinajstić information content (AvgIpc) is 2.86. The van der Waals surface area contributed by atoms with E-state index in [1.807, 2.05) is 4.57 Å². The highest BCUT2D eigenvalue weighted by Gasteiger charge is 2.14. The van der Waals surface area contributed by atoms with Crippen molar-refractivity contribution in [2.75, 3.05) is 0 Å². The topological polar surface area (TPSA) is 64.4 Å². The number of hydrogen-bond donors (Lipinski definition) is 1. The van der Waals surface area contributed by atoms with Crippen LogP contribution >= 0.6 is 31.9 Å². The van der Waals surface area contributed by atoms with Crippen LogP contribution < -0.4 is 4.74 Å². The number of nitrogens with zero attached hydrogens (tertiary/aromatic N) is 2. The van der Waals surface area contributed by atoms with Gasteiger partial charge in [0.2, 0.25) is 0 Å². The van der Waals surface area contributed by atoms with E-state index < -0.39 is 5.97 Å². The predicted octanol–water partition coefficient (Wildman–Crippen LogP) is 4.27. The molecule has 1 heterocycles. The van der Waals surface area contributed by atoms with Crippen molar-refractivity contribution in [3.05, 3.63) is 44.9 Å². The molecule has 0 bridgehead atoms. The first kappa shape index (κ1) is 16.0. The maximum atomic E-state index is 11.0. The Morgan fingerprint density at radius 1 is 1.38 bits per heavy atom. The lowest BCUT2D eigenvalue weighted by molar-refractivity contribution is 0.0696. The maximum absolute atomic E-state index is 11.0. The van der Waals surface area contributed by atoms with Crippen molar-refractivity contribution in [2.45, 2.75) is 26.5 Å². The van der Waals surface area contributed by atoms with Crippen molar-refractivity contribution in [3.63, 3.8) is 0 Å². The molecule has 1 N–H and O–H groups in total. The van der Waals surface area contributed by atoms with Crippen LogP contribution in [0.5, 0.6) is 5.75 Å². The van der Waals surface area contributed by atoms with E-state index >= 15 is 0 Å². The van der Waals surface area contributed by atoms with Gasteiger partial charge in [-0.1, -0.05) is 0 Å². The number of carboxylic acid groups (broad SMARTS) is 1. The first-order chi connectivity index (χ1) is 9.90. The standard InChI is InChI=1S/C14H14Br2N2O3/c1-8(2)18-7-17-5-10(18)6-21-13-11(15)3-9(14(19)20)4-12(13)16/h3-5,7-8H,6H2,1-2H3,(H,19,20). The van der Waals surface area contributed by atoms with Crippen LogP contribution in [0.3, 0.4) is 0 Å². The van der Waals surface area contributed by atoms with Crippen molar-refractivity contribution < 1.29 is 14.6 Å². The highest BCUT2D eigenvalue weighted by Crippen LogP contribution is 2.35. The van der Waals surface area contributed by atoms with Gasteiger partial charge in [0.25, 0.3) is 0 Å². The summed E-state index contributed by atoms with van der Waals surface area (Å²) in [5.74, 6) is -0.419. The molecule has 0 unspecified atom stereocenters. The highest BCUT2D eigenvalue weighted by atomic mass is 79.9. The lowest BCUT2D eigenvalue weighted by atomic mass is 10.2. The fourth-order valence-corrected chi connectivity index (χ4v) is 3.29. The normalized spacial score (nSPS) is 10.9. The highest BCUT2D eigenvalue weighted by molar-refractivity contribution is 9.11. The molecule has 1 aromatic heterocycles. The van der Waals surface area contributed by atoms with Crippen molar-refractivity contribution in [2.24, 2.45) is 0 Å². The van der Waals surface area contributed by atoms with Gasteiger partial charge in [-0.25, -0.2) is 9.78 Å². The van der Waals surface area contributed by atoms with Gasteiger partial charge >= 0.3 is 5.97 Å². The zero-order chi connectivity index (χ0) is 15.6. The number of carboxylic acids is 1. The molecular formula is C14H14Br2N2O3. The van der Waals surface area contributed by atoms with Crippen LogP contribution in [0.25, 0.3) is 0 Å². The van der Waals surface area contributed by atoms with Gasteiger partial charge in [0, 0.05) is 6.04 Å². The summed E-state index contributed by atoms with van der Waals surface area (Å²) < 4.78 is 8.99. The SMILES string of the molecule is CC(C)n1cncc1COc1c(Br)cc(C(=O)O)cc1Br. The second-order valence-corrected chi connectivity index (χ2v) is 6.46. The zero-order valence-corrected chi connectivity index (χ0v) is 14.7. The summed E-state index contributed by atoms with van der Waals surface area (Å²) in [5, 5.41) is 9.01.